The second-order valence-electron chi connectivity index (χ2n) is 3.13. The van der Waals surface area contributed by atoms with Crippen LogP contribution in [0.25, 0.3) is 0 Å². The SMILES string of the molecule is O=C(O)CCSCC(=O)c1ccc(Br)cc1. The van der Waals surface area contributed by atoms with Crippen LogP contribution in [0.3, 0.4) is 0 Å². The molecule has 0 atom stereocenters. The van der Waals surface area contributed by atoms with Crippen molar-refractivity contribution in [2.24, 2.45) is 0 Å². The number of hydrogen-bond acceptors (Lipinski definition) is 3. The molecule has 0 amide bonds. The second-order valence-corrected chi connectivity index (χ2v) is 5.15. The van der Waals surface area contributed by atoms with Crippen molar-refractivity contribution in [3.63, 3.8) is 0 Å². The maximum absolute atomic E-state index is 11.6. The van der Waals surface area contributed by atoms with Crippen LogP contribution < -0.4 is 0 Å². The normalized spacial score (nSPS) is 10.1. The Morgan fingerprint density at radius 3 is 2.44 bits per heavy atom. The lowest BCUT2D eigenvalue weighted by atomic mass is 10.2. The van der Waals surface area contributed by atoms with Crippen LogP contribution in [-0.4, -0.2) is 28.4 Å². The Bertz CT molecular complexity index is 375. The fourth-order valence-corrected chi connectivity index (χ4v) is 2.12. The van der Waals surface area contributed by atoms with Crippen molar-refractivity contribution >= 4 is 39.4 Å². The average Bonchev–Trinajstić information content (AvgIpc) is 2.25. The summed E-state index contributed by atoms with van der Waals surface area (Å²) in [7, 11) is 0. The smallest absolute Gasteiger partial charge is 0.304 e. The number of carbonyl (C=O) groups excluding carboxylic acids is 1. The number of ketones is 1. The van der Waals surface area contributed by atoms with Gasteiger partial charge in [-0.3, -0.25) is 9.59 Å². The van der Waals surface area contributed by atoms with E-state index in [1.54, 1.807) is 12.1 Å². The summed E-state index contributed by atoms with van der Waals surface area (Å²) in [5.41, 5.74) is 0.658. The molecule has 0 unspecified atom stereocenters. The van der Waals surface area contributed by atoms with Gasteiger partial charge in [-0.2, -0.15) is 11.8 Å². The van der Waals surface area contributed by atoms with E-state index in [-0.39, 0.29) is 12.2 Å². The Hall–Kier alpha value is -0.810. The lowest BCUT2D eigenvalue weighted by molar-refractivity contribution is -0.136. The predicted octanol–water partition coefficient (Wildman–Crippen LogP) is 2.84. The minimum Gasteiger partial charge on any atom is -0.481 e. The topological polar surface area (TPSA) is 54.4 Å². The van der Waals surface area contributed by atoms with Crippen molar-refractivity contribution in [3.8, 4) is 0 Å². The van der Waals surface area contributed by atoms with Gasteiger partial charge in [-0.1, -0.05) is 28.1 Å². The maximum Gasteiger partial charge on any atom is 0.304 e. The Morgan fingerprint density at radius 2 is 1.88 bits per heavy atom. The third kappa shape index (κ3) is 4.81. The summed E-state index contributed by atoms with van der Waals surface area (Å²) in [5.74, 6) is -0.00143. The zero-order valence-electron chi connectivity index (χ0n) is 8.48. The third-order valence-electron chi connectivity index (χ3n) is 1.86. The highest BCUT2D eigenvalue weighted by Crippen LogP contribution is 2.13. The molecular formula is C11H11BrO3S. The van der Waals surface area contributed by atoms with Gasteiger partial charge < -0.3 is 5.11 Å². The molecule has 86 valence electrons. The summed E-state index contributed by atoms with van der Waals surface area (Å²) in [6.45, 7) is 0. The Morgan fingerprint density at radius 1 is 1.25 bits per heavy atom. The molecule has 0 aliphatic rings. The first-order valence-corrected chi connectivity index (χ1v) is 6.62. The molecule has 1 rings (SSSR count). The fraction of sp³-hybridized carbons (Fsp3) is 0.273. The van der Waals surface area contributed by atoms with Crippen LogP contribution in [0.5, 0.6) is 0 Å². The van der Waals surface area contributed by atoms with Crippen LogP contribution in [0.4, 0.5) is 0 Å². The van der Waals surface area contributed by atoms with E-state index < -0.39 is 5.97 Å². The molecule has 1 aromatic rings. The summed E-state index contributed by atoms with van der Waals surface area (Å²) in [6.07, 6.45) is 0.0955. The van der Waals surface area contributed by atoms with Gasteiger partial charge in [0.15, 0.2) is 5.78 Å². The number of carboxylic acids is 1. The van der Waals surface area contributed by atoms with E-state index in [1.807, 2.05) is 12.1 Å². The average molecular weight is 303 g/mol. The van der Waals surface area contributed by atoms with E-state index in [9.17, 15) is 9.59 Å². The Kier molecular flexibility index (Phi) is 5.55. The van der Waals surface area contributed by atoms with Gasteiger partial charge in [-0.05, 0) is 12.1 Å². The number of thioether (sulfide) groups is 1. The molecule has 0 bridgehead atoms. The number of aliphatic carboxylic acids is 1. The summed E-state index contributed by atoms with van der Waals surface area (Å²) in [5, 5.41) is 8.42. The van der Waals surface area contributed by atoms with Crippen LogP contribution >= 0.6 is 27.7 Å². The van der Waals surface area contributed by atoms with Gasteiger partial charge >= 0.3 is 5.97 Å². The number of benzene rings is 1. The highest BCUT2D eigenvalue weighted by atomic mass is 79.9. The lowest BCUT2D eigenvalue weighted by Gasteiger charge is -2.00. The zero-order valence-corrected chi connectivity index (χ0v) is 10.9. The molecule has 0 spiro atoms. The molecule has 0 saturated heterocycles. The third-order valence-corrected chi connectivity index (χ3v) is 3.35. The number of hydrogen-bond donors (Lipinski definition) is 1. The molecule has 1 aromatic carbocycles. The van der Waals surface area contributed by atoms with Crippen molar-refractivity contribution in [2.75, 3.05) is 11.5 Å². The van der Waals surface area contributed by atoms with Gasteiger partial charge in [0, 0.05) is 15.8 Å². The molecule has 0 radical (unpaired) electrons. The summed E-state index contributed by atoms with van der Waals surface area (Å²) in [6, 6.07) is 7.14. The molecule has 0 aliphatic heterocycles. The Balaban J connectivity index is 2.35. The van der Waals surface area contributed by atoms with E-state index in [2.05, 4.69) is 15.9 Å². The van der Waals surface area contributed by atoms with Crippen molar-refractivity contribution < 1.29 is 14.7 Å². The summed E-state index contributed by atoms with van der Waals surface area (Å²) >= 11 is 4.64. The molecule has 0 aliphatic carbocycles. The van der Waals surface area contributed by atoms with Gasteiger partial charge in [-0.15, -0.1) is 0 Å². The molecule has 5 heteroatoms. The van der Waals surface area contributed by atoms with Crippen LogP contribution in [-0.2, 0) is 4.79 Å². The van der Waals surface area contributed by atoms with Gasteiger partial charge in [0.25, 0.3) is 0 Å². The first-order valence-electron chi connectivity index (χ1n) is 4.68. The first kappa shape index (κ1) is 13.3. The van der Waals surface area contributed by atoms with Crippen LogP contribution in [0, 0.1) is 0 Å². The largest absolute Gasteiger partial charge is 0.481 e. The summed E-state index contributed by atoms with van der Waals surface area (Å²) in [4.78, 5) is 21.9. The number of Topliss-reactive ketones (excluding diaryl/α,β-unsaturated/α-hetero) is 1. The van der Waals surface area contributed by atoms with Crippen LogP contribution in [0.15, 0.2) is 28.7 Å². The van der Waals surface area contributed by atoms with Gasteiger partial charge in [0.2, 0.25) is 0 Å². The van der Waals surface area contributed by atoms with Gasteiger partial charge in [-0.25, -0.2) is 0 Å². The highest BCUT2D eigenvalue weighted by molar-refractivity contribution is 9.10. The number of halogens is 1. The molecule has 16 heavy (non-hydrogen) atoms. The van der Waals surface area contributed by atoms with Gasteiger partial charge in [0.1, 0.15) is 0 Å². The maximum atomic E-state index is 11.6. The number of carbonyl (C=O) groups is 2. The van der Waals surface area contributed by atoms with E-state index in [1.165, 1.54) is 11.8 Å². The monoisotopic (exact) mass is 302 g/mol. The van der Waals surface area contributed by atoms with Crippen LogP contribution in [0.2, 0.25) is 0 Å². The molecule has 0 saturated carbocycles. The molecule has 0 aromatic heterocycles. The van der Waals surface area contributed by atoms with E-state index in [4.69, 9.17) is 5.11 Å². The van der Waals surface area contributed by atoms with Crippen molar-refractivity contribution in [1.82, 2.24) is 0 Å². The molecular weight excluding hydrogens is 292 g/mol. The number of carboxylic acid groups (broad SMARTS) is 1. The lowest BCUT2D eigenvalue weighted by Crippen LogP contribution is -2.04. The van der Waals surface area contributed by atoms with E-state index in [0.29, 0.717) is 17.1 Å². The standard InChI is InChI=1S/C11H11BrO3S/c12-9-3-1-8(2-4-9)10(13)7-16-6-5-11(14)15/h1-4H,5-7H2,(H,14,15). The van der Waals surface area contributed by atoms with Crippen molar-refractivity contribution in [2.45, 2.75) is 6.42 Å². The highest BCUT2D eigenvalue weighted by Gasteiger charge is 2.06. The molecule has 3 nitrogen and oxygen atoms in total. The second kappa shape index (κ2) is 6.70. The number of rotatable bonds is 6. The van der Waals surface area contributed by atoms with Crippen molar-refractivity contribution in [1.29, 1.82) is 0 Å². The zero-order chi connectivity index (χ0) is 12.0. The fourth-order valence-electron chi connectivity index (χ4n) is 1.04. The minimum absolute atomic E-state index is 0.0305. The van der Waals surface area contributed by atoms with Crippen LogP contribution in [0.1, 0.15) is 16.8 Å². The Labute approximate surface area is 106 Å². The molecule has 1 N–H and O–H groups in total. The molecule has 0 heterocycles. The summed E-state index contributed by atoms with van der Waals surface area (Å²) < 4.78 is 0.933. The van der Waals surface area contributed by atoms with E-state index in [0.717, 1.165) is 4.47 Å². The molecule has 0 fully saturated rings. The van der Waals surface area contributed by atoms with Gasteiger partial charge in [0.05, 0.1) is 12.2 Å². The predicted molar refractivity (Wildman–Crippen MR) is 68.1 cm³/mol. The van der Waals surface area contributed by atoms with E-state index >= 15 is 0 Å². The first-order chi connectivity index (χ1) is 7.59. The minimum atomic E-state index is -0.830. The quantitative estimate of drug-likeness (QED) is 0.648. The van der Waals surface area contributed by atoms with Crippen molar-refractivity contribution in [3.05, 3.63) is 34.3 Å².